The monoisotopic (exact) mass is 516 g/mol. The number of nitrogens with one attached hydrogen (secondary N) is 2. The van der Waals surface area contributed by atoms with Crippen LogP contribution in [0.2, 0.25) is 0 Å². The van der Waals surface area contributed by atoms with Gasteiger partial charge in [0.25, 0.3) is 0 Å². The van der Waals surface area contributed by atoms with E-state index in [1.54, 1.807) is 12.1 Å². The van der Waals surface area contributed by atoms with Crippen LogP contribution >= 0.6 is 24.0 Å². The summed E-state index contributed by atoms with van der Waals surface area (Å²) >= 11 is 0. The zero-order valence-corrected chi connectivity index (χ0v) is 18.7. The van der Waals surface area contributed by atoms with E-state index in [1.165, 1.54) is 7.05 Å². The average Bonchev–Trinajstić information content (AvgIpc) is 2.67. The van der Waals surface area contributed by atoms with Gasteiger partial charge in [-0.1, -0.05) is 42.5 Å². The molecule has 1 aliphatic heterocycles. The first-order chi connectivity index (χ1) is 13.0. The smallest absolute Gasteiger partial charge is 0.215 e. The van der Waals surface area contributed by atoms with Crippen LogP contribution in [0.15, 0.2) is 53.5 Å². The fourth-order valence-electron chi connectivity index (χ4n) is 2.93. The summed E-state index contributed by atoms with van der Waals surface area (Å²) < 4.78 is 31.1. The Kier molecular flexibility index (Phi) is 8.08. The summed E-state index contributed by atoms with van der Waals surface area (Å²) in [5, 5.41) is 3.26. The Morgan fingerprint density at radius 2 is 1.86 bits per heavy atom. The molecule has 0 fully saturated rings. The van der Waals surface area contributed by atoms with E-state index in [0.29, 0.717) is 19.1 Å². The van der Waals surface area contributed by atoms with E-state index in [0.717, 1.165) is 28.9 Å². The van der Waals surface area contributed by atoms with E-state index in [9.17, 15) is 8.42 Å². The van der Waals surface area contributed by atoms with Crippen LogP contribution in [0.3, 0.4) is 0 Å². The minimum absolute atomic E-state index is 0. The maximum absolute atomic E-state index is 11.6. The molecule has 9 heteroatoms. The number of halogens is 1. The van der Waals surface area contributed by atoms with Gasteiger partial charge in [0.2, 0.25) is 10.0 Å². The fourth-order valence-corrected chi connectivity index (χ4v) is 3.70. The minimum Gasteiger partial charge on any atom is -0.493 e. The first-order valence-corrected chi connectivity index (χ1v) is 10.4. The average molecular weight is 516 g/mol. The number of hydrogen-bond acceptors (Lipinski definition) is 4. The molecule has 0 aromatic heterocycles. The second-order valence-corrected chi connectivity index (χ2v) is 8.28. The van der Waals surface area contributed by atoms with Crippen molar-refractivity contribution in [3.63, 3.8) is 0 Å². The SMILES string of the molecule is CNS(=O)(=O)Cc1ccc(CN=C(N)NC2CCOc3ccccc32)cc1.I. The third kappa shape index (κ3) is 6.08. The summed E-state index contributed by atoms with van der Waals surface area (Å²) in [6, 6.07) is 15.3. The molecule has 0 radical (unpaired) electrons. The summed E-state index contributed by atoms with van der Waals surface area (Å²) in [6.07, 6.45) is 0.821. The first-order valence-electron chi connectivity index (χ1n) is 8.74. The zero-order chi connectivity index (χ0) is 19.3. The van der Waals surface area contributed by atoms with Crippen LogP contribution in [-0.2, 0) is 22.3 Å². The molecule has 28 heavy (non-hydrogen) atoms. The lowest BCUT2D eigenvalue weighted by Gasteiger charge is -2.26. The third-order valence-electron chi connectivity index (χ3n) is 4.40. The number of ether oxygens (including phenoxy) is 1. The molecule has 1 atom stereocenters. The number of rotatable bonds is 6. The number of nitrogens with zero attached hydrogens (tertiary/aromatic N) is 1. The summed E-state index contributed by atoms with van der Waals surface area (Å²) in [7, 11) is -1.86. The number of benzene rings is 2. The van der Waals surface area contributed by atoms with Gasteiger partial charge in [-0.3, -0.25) is 0 Å². The molecule has 3 rings (SSSR count). The Bertz CT molecular complexity index is 917. The van der Waals surface area contributed by atoms with Crippen LogP contribution in [0, 0.1) is 0 Å². The molecule has 0 saturated carbocycles. The number of para-hydroxylation sites is 1. The third-order valence-corrected chi connectivity index (χ3v) is 5.74. The fraction of sp³-hybridized carbons (Fsp3) is 0.316. The minimum atomic E-state index is -3.27. The van der Waals surface area contributed by atoms with Gasteiger partial charge in [0.15, 0.2) is 5.96 Å². The topological polar surface area (TPSA) is 106 Å². The van der Waals surface area contributed by atoms with Crippen LogP contribution in [0.1, 0.15) is 29.2 Å². The number of guanidine groups is 1. The lowest BCUT2D eigenvalue weighted by molar-refractivity contribution is 0.262. The first kappa shape index (κ1) is 22.4. The molecule has 0 aliphatic carbocycles. The van der Waals surface area contributed by atoms with Crippen LogP contribution in [0.4, 0.5) is 0 Å². The molecular formula is C19H25IN4O3S. The highest BCUT2D eigenvalue weighted by Crippen LogP contribution is 2.31. The molecule has 152 valence electrons. The van der Waals surface area contributed by atoms with E-state index in [2.05, 4.69) is 15.0 Å². The highest BCUT2D eigenvalue weighted by Gasteiger charge is 2.21. The molecule has 0 amide bonds. The predicted octanol–water partition coefficient (Wildman–Crippen LogP) is 2.28. The van der Waals surface area contributed by atoms with Gasteiger partial charge in [0.1, 0.15) is 5.75 Å². The molecular weight excluding hydrogens is 491 g/mol. The number of hydrogen-bond donors (Lipinski definition) is 3. The van der Waals surface area contributed by atoms with E-state index >= 15 is 0 Å². The second-order valence-electron chi connectivity index (χ2n) is 6.35. The summed E-state index contributed by atoms with van der Waals surface area (Å²) in [4.78, 5) is 4.39. The van der Waals surface area contributed by atoms with Crippen molar-refractivity contribution in [1.29, 1.82) is 0 Å². The maximum atomic E-state index is 11.6. The van der Waals surface area contributed by atoms with Crippen LogP contribution in [-0.4, -0.2) is 28.0 Å². The lowest BCUT2D eigenvalue weighted by atomic mass is 10.0. The quantitative estimate of drug-likeness (QED) is 0.311. The van der Waals surface area contributed by atoms with Gasteiger partial charge in [-0.05, 0) is 24.2 Å². The summed E-state index contributed by atoms with van der Waals surface area (Å²) in [6.45, 7) is 1.06. The number of sulfonamides is 1. The standard InChI is InChI=1S/C19H24N4O3S.HI/c1-21-27(24,25)13-15-8-6-14(7-9-15)12-22-19(20)23-17-10-11-26-18-5-3-2-4-16(17)18;/h2-9,17,21H,10-13H2,1H3,(H3,20,22,23);1H. The van der Waals surface area contributed by atoms with E-state index < -0.39 is 10.0 Å². The summed E-state index contributed by atoms with van der Waals surface area (Å²) in [5.74, 6) is 1.21. The van der Waals surface area contributed by atoms with Crippen molar-refractivity contribution < 1.29 is 13.2 Å². The van der Waals surface area contributed by atoms with Gasteiger partial charge < -0.3 is 15.8 Å². The van der Waals surface area contributed by atoms with Crippen LogP contribution in [0.25, 0.3) is 0 Å². The Hall–Kier alpha value is -1.85. The van der Waals surface area contributed by atoms with Gasteiger partial charge in [-0.2, -0.15) is 0 Å². The van der Waals surface area contributed by atoms with Crippen molar-refractivity contribution in [3.8, 4) is 5.75 Å². The molecule has 1 unspecified atom stereocenters. The Morgan fingerprint density at radius 3 is 2.57 bits per heavy atom. The molecule has 7 nitrogen and oxygen atoms in total. The van der Waals surface area contributed by atoms with Crippen molar-refractivity contribution in [2.24, 2.45) is 10.7 Å². The normalized spacial score (nSPS) is 16.5. The van der Waals surface area contributed by atoms with E-state index in [-0.39, 0.29) is 35.8 Å². The Balaban J connectivity index is 0.00000280. The molecule has 0 bridgehead atoms. The number of aliphatic imine (C=N–C) groups is 1. The summed E-state index contributed by atoms with van der Waals surface area (Å²) in [5.41, 5.74) is 8.81. The van der Waals surface area contributed by atoms with Crippen molar-refractivity contribution >= 4 is 40.0 Å². The Labute approximate surface area is 182 Å². The predicted molar refractivity (Wildman–Crippen MR) is 121 cm³/mol. The molecule has 4 N–H and O–H groups in total. The molecule has 0 spiro atoms. The molecule has 2 aromatic carbocycles. The number of fused-ring (bicyclic) bond motifs is 1. The van der Waals surface area contributed by atoms with E-state index in [1.807, 2.05) is 36.4 Å². The lowest BCUT2D eigenvalue weighted by Crippen LogP contribution is -2.37. The van der Waals surface area contributed by atoms with Crippen LogP contribution < -0.4 is 20.5 Å². The van der Waals surface area contributed by atoms with Crippen molar-refractivity contribution in [1.82, 2.24) is 10.0 Å². The number of nitrogens with two attached hydrogens (primary N) is 1. The van der Waals surface area contributed by atoms with E-state index in [4.69, 9.17) is 10.5 Å². The van der Waals surface area contributed by atoms with Gasteiger partial charge >= 0.3 is 0 Å². The Morgan fingerprint density at radius 1 is 1.18 bits per heavy atom. The van der Waals surface area contributed by atoms with Gasteiger partial charge in [-0.15, -0.1) is 24.0 Å². The van der Waals surface area contributed by atoms with Gasteiger partial charge in [0.05, 0.1) is 24.9 Å². The molecule has 1 aliphatic rings. The van der Waals surface area contributed by atoms with Crippen molar-refractivity contribution in [3.05, 3.63) is 65.2 Å². The van der Waals surface area contributed by atoms with Crippen LogP contribution in [0.5, 0.6) is 5.75 Å². The second kappa shape index (κ2) is 10.1. The highest BCUT2D eigenvalue weighted by molar-refractivity contribution is 14.0. The maximum Gasteiger partial charge on any atom is 0.215 e. The molecule has 1 heterocycles. The zero-order valence-electron chi connectivity index (χ0n) is 15.6. The van der Waals surface area contributed by atoms with Crippen molar-refractivity contribution in [2.75, 3.05) is 13.7 Å². The van der Waals surface area contributed by atoms with Gasteiger partial charge in [-0.25, -0.2) is 18.1 Å². The van der Waals surface area contributed by atoms with Gasteiger partial charge in [0, 0.05) is 12.0 Å². The van der Waals surface area contributed by atoms with Crippen molar-refractivity contribution in [2.45, 2.75) is 24.8 Å². The molecule has 0 saturated heterocycles. The highest BCUT2D eigenvalue weighted by atomic mass is 127. The molecule has 2 aromatic rings. The largest absolute Gasteiger partial charge is 0.493 e.